The summed E-state index contributed by atoms with van der Waals surface area (Å²) in [5.74, 6) is 0.650. The highest BCUT2D eigenvalue weighted by Gasteiger charge is 2.30. The Kier molecular flexibility index (Phi) is 6.43. The molecule has 0 N–H and O–H groups in total. The molecule has 0 radical (unpaired) electrons. The molecular weight excluding hydrogens is 645 g/mol. The number of aromatic nitrogens is 3. The van der Waals surface area contributed by atoms with Crippen LogP contribution in [0.15, 0.2) is 176 Å². The maximum absolute atomic E-state index is 5.57. The molecule has 0 bridgehead atoms. The van der Waals surface area contributed by atoms with Crippen LogP contribution in [-0.4, -0.2) is 14.5 Å². The molecule has 0 saturated carbocycles. The standard InChI is InChI=1S/C49H32N4/c1-31-34-21-8-9-22-35(34)36-23-10-11-24-37(36)44(31)45-38-25-12-14-28-41(38)53(48(45)32-17-4-2-5-18-32)49-50-40-27-16-30-43-46(40)47(51-49)39-26-13-15-29-42(39)52(43)33-19-6-3-7-20-33/h2-30H,1H3. The summed E-state index contributed by atoms with van der Waals surface area (Å²) in [6, 6.07) is 62.7. The molecule has 0 atom stereocenters. The fourth-order valence-electron chi connectivity index (χ4n) is 8.70. The van der Waals surface area contributed by atoms with E-state index in [4.69, 9.17) is 9.97 Å². The van der Waals surface area contributed by atoms with Crippen LogP contribution in [0.4, 0.5) is 17.1 Å². The molecule has 0 fully saturated rings. The highest BCUT2D eigenvalue weighted by atomic mass is 15.2. The van der Waals surface area contributed by atoms with E-state index < -0.39 is 0 Å². The van der Waals surface area contributed by atoms with E-state index in [0.717, 1.165) is 61.4 Å². The average molecular weight is 677 g/mol. The highest BCUT2D eigenvalue weighted by Crippen LogP contribution is 2.51. The number of hydrogen-bond donors (Lipinski definition) is 0. The van der Waals surface area contributed by atoms with Crippen LogP contribution in [0.25, 0.3) is 82.9 Å². The zero-order chi connectivity index (χ0) is 35.0. The second kappa shape index (κ2) is 11.5. The second-order valence-electron chi connectivity index (χ2n) is 13.8. The predicted octanol–water partition coefficient (Wildman–Crippen LogP) is 13.0. The molecule has 4 heteroatoms. The van der Waals surface area contributed by atoms with Crippen molar-refractivity contribution in [3.63, 3.8) is 0 Å². The first-order valence-corrected chi connectivity index (χ1v) is 18.1. The molecule has 0 amide bonds. The van der Waals surface area contributed by atoms with E-state index in [1.54, 1.807) is 0 Å². The Bertz CT molecular complexity index is 3070. The molecular formula is C49H32N4. The fourth-order valence-corrected chi connectivity index (χ4v) is 8.70. The molecule has 0 aliphatic carbocycles. The van der Waals surface area contributed by atoms with E-state index in [1.165, 1.54) is 38.2 Å². The van der Waals surface area contributed by atoms with Gasteiger partial charge in [-0.25, -0.2) is 9.97 Å². The molecule has 1 aliphatic rings. The molecule has 3 heterocycles. The van der Waals surface area contributed by atoms with Gasteiger partial charge in [0.05, 0.1) is 39.2 Å². The van der Waals surface area contributed by atoms with Gasteiger partial charge < -0.3 is 4.90 Å². The van der Waals surface area contributed by atoms with E-state index in [-0.39, 0.29) is 0 Å². The van der Waals surface area contributed by atoms with Gasteiger partial charge in [-0.05, 0) is 81.6 Å². The van der Waals surface area contributed by atoms with Crippen molar-refractivity contribution >= 4 is 60.4 Å². The number of fused-ring (bicyclic) bond motifs is 6. The van der Waals surface area contributed by atoms with Gasteiger partial charge in [0.2, 0.25) is 5.95 Å². The molecule has 2 aromatic heterocycles. The third kappa shape index (κ3) is 4.30. The van der Waals surface area contributed by atoms with Crippen molar-refractivity contribution in [1.29, 1.82) is 0 Å². The first-order chi connectivity index (χ1) is 26.3. The second-order valence-corrected chi connectivity index (χ2v) is 13.8. The monoisotopic (exact) mass is 676 g/mol. The zero-order valence-corrected chi connectivity index (χ0v) is 29.0. The van der Waals surface area contributed by atoms with E-state index in [2.05, 4.69) is 192 Å². The van der Waals surface area contributed by atoms with Crippen LogP contribution in [0, 0.1) is 6.92 Å². The van der Waals surface area contributed by atoms with Gasteiger partial charge in [0, 0.05) is 22.2 Å². The molecule has 53 heavy (non-hydrogen) atoms. The number of rotatable bonds is 4. The molecule has 248 valence electrons. The van der Waals surface area contributed by atoms with Gasteiger partial charge in [-0.15, -0.1) is 0 Å². The van der Waals surface area contributed by atoms with Gasteiger partial charge in [-0.3, -0.25) is 4.57 Å². The maximum Gasteiger partial charge on any atom is 0.235 e. The Morgan fingerprint density at radius 1 is 0.453 bits per heavy atom. The number of para-hydroxylation sites is 3. The van der Waals surface area contributed by atoms with Crippen molar-refractivity contribution in [2.24, 2.45) is 0 Å². The molecule has 10 aromatic rings. The van der Waals surface area contributed by atoms with Crippen LogP contribution in [-0.2, 0) is 0 Å². The minimum atomic E-state index is 0.650. The van der Waals surface area contributed by atoms with Crippen molar-refractivity contribution in [3.05, 3.63) is 181 Å². The van der Waals surface area contributed by atoms with Crippen LogP contribution in [0.5, 0.6) is 0 Å². The van der Waals surface area contributed by atoms with Crippen molar-refractivity contribution in [2.75, 3.05) is 4.90 Å². The van der Waals surface area contributed by atoms with Crippen molar-refractivity contribution in [2.45, 2.75) is 6.92 Å². The highest BCUT2D eigenvalue weighted by molar-refractivity contribution is 6.20. The van der Waals surface area contributed by atoms with Crippen LogP contribution in [0.1, 0.15) is 5.56 Å². The van der Waals surface area contributed by atoms with Gasteiger partial charge in [-0.2, -0.15) is 0 Å². The topological polar surface area (TPSA) is 34.0 Å². The van der Waals surface area contributed by atoms with Crippen molar-refractivity contribution < 1.29 is 0 Å². The maximum atomic E-state index is 5.57. The lowest BCUT2D eigenvalue weighted by Gasteiger charge is -2.32. The zero-order valence-electron chi connectivity index (χ0n) is 29.0. The lowest BCUT2D eigenvalue weighted by Crippen LogP contribution is -2.16. The normalized spacial score (nSPS) is 12.2. The summed E-state index contributed by atoms with van der Waals surface area (Å²) in [5, 5.41) is 7.22. The van der Waals surface area contributed by atoms with Crippen LogP contribution in [0.3, 0.4) is 0 Å². The van der Waals surface area contributed by atoms with E-state index >= 15 is 0 Å². The third-order valence-corrected chi connectivity index (χ3v) is 10.9. The van der Waals surface area contributed by atoms with Crippen LogP contribution < -0.4 is 4.90 Å². The Labute approximate surface area is 306 Å². The Hall–Kier alpha value is -7.04. The minimum absolute atomic E-state index is 0.650. The van der Waals surface area contributed by atoms with Gasteiger partial charge in [0.25, 0.3) is 0 Å². The summed E-state index contributed by atoms with van der Waals surface area (Å²) in [5.41, 5.74) is 13.1. The first kappa shape index (κ1) is 29.7. The number of benzene rings is 8. The summed E-state index contributed by atoms with van der Waals surface area (Å²) in [4.78, 5) is 13.4. The number of aryl methyl sites for hydroxylation is 1. The van der Waals surface area contributed by atoms with E-state index in [1.807, 2.05) is 0 Å². The average Bonchev–Trinajstić information content (AvgIpc) is 3.56. The summed E-state index contributed by atoms with van der Waals surface area (Å²) in [6.45, 7) is 2.28. The van der Waals surface area contributed by atoms with Crippen LogP contribution in [0.2, 0.25) is 0 Å². The minimum Gasteiger partial charge on any atom is -0.309 e. The van der Waals surface area contributed by atoms with Gasteiger partial charge >= 0.3 is 0 Å². The molecule has 0 spiro atoms. The van der Waals surface area contributed by atoms with Gasteiger partial charge in [0.1, 0.15) is 0 Å². The van der Waals surface area contributed by atoms with Gasteiger partial charge in [0.15, 0.2) is 0 Å². The third-order valence-electron chi connectivity index (χ3n) is 10.9. The number of hydrogen-bond acceptors (Lipinski definition) is 3. The Balaban J connectivity index is 1.28. The largest absolute Gasteiger partial charge is 0.309 e. The summed E-state index contributed by atoms with van der Waals surface area (Å²) < 4.78 is 2.30. The molecule has 1 aliphatic heterocycles. The van der Waals surface area contributed by atoms with Gasteiger partial charge in [-0.1, -0.05) is 140 Å². The smallest absolute Gasteiger partial charge is 0.235 e. The van der Waals surface area contributed by atoms with Crippen molar-refractivity contribution in [1.82, 2.24) is 14.5 Å². The predicted molar refractivity (Wildman–Crippen MR) is 221 cm³/mol. The number of nitrogens with zero attached hydrogens (tertiary/aromatic N) is 4. The van der Waals surface area contributed by atoms with Crippen molar-refractivity contribution in [3.8, 4) is 39.6 Å². The molecule has 11 rings (SSSR count). The SMILES string of the molecule is Cc1c(-c2c(-c3ccccc3)n(-c3nc4c5c(cccc5n3)N(c3ccccc3)c3ccccc3-4)c3ccccc23)c2ccccc2c2ccccc12. The molecule has 4 nitrogen and oxygen atoms in total. The quantitative estimate of drug-likeness (QED) is 0.174. The Morgan fingerprint density at radius 2 is 1.06 bits per heavy atom. The summed E-state index contributed by atoms with van der Waals surface area (Å²) in [6.07, 6.45) is 0. The number of anilines is 3. The van der Waals surface area contributed by atoms with E-state index in [9.17, 15) is 0 Å². The van der Waals surface area contributed by atoms with Crippen LogP contribution >= 0.6 is 0 Å². The lowest BCUT2D eigenvalue weighted by atomic mass is 9.86. The molecule has 0 saturated heterocycles. The molecule has 8 aromatic carbocycles. The summed E-state index contributed by atoms with van der Waals surface area (Å²) in [7, 11) is 0. The fraction of sp³-hybridized carbons (Fsp3) is 0.0204. The summed E-state index contributed by atoms with van der Waals surface area (Å²) >= 11 is 0. The Morgan fingerprint density at radius 3 is 1.85 bits per heavy atom. The molecule has 0 unspecified atom stereocenters. The lowest BCUT2D eigenvalue weighted by molar-refractivity contribution is 0.989. The van der Waals surface area contributed by atoms with E-state index in [0.29, 0.717) is 5.95 Å². The first-order valence-electron chi connectivity index (χ1n) is 18.1.